The topological polar surface area (TPSA) is 86.4 Å². The number of hydrogen-bond acceptors (Lipinski definition) is 5. The number of nitrogens with zero attached hydrogens (tertiary/aromatic N) is 5. The number of anilines is 1. The van der Waals surface area contributed by atoms with Gasteiger partial charge in [0.25, 0.3) is 0 Å². The molecule has 1 saturated heterocycles. The van der Waals surface area contributed by atoms with Gasteiger partial charge in [0.1, 0.15) is 11.5 Å². The molecule has 0 amide bonds. The fraction of sp³-hybridized carbons (Fsp3) is 0.217. The number of aromatic nitrogens is 6. The zero-order valence-electron chi connectivity index (χ0n) is 16.5. The number of H-pyrrole nitrogens is 2. The van der Waals surface area contributed by atoms with Crippen LogP contribution >= 0.6 is 0 Å². The van der Waals surface area contributed by atoms with E-state index < -0.39 is 0 Å². The molecular formula is C23H21N7. The van der Waals surface area contributed by atoms with Crippen molar-refractivity contribution >= 4 is 27.6 Å². The molecule has 0 radical (unpaired) electrons. The third kappa shape index (κ3) is 2.82. The summed E-state index contributed by atoms with van der Waals surface area (Å²) in [7, 11) is 0. The van der Waals surface area contributed by atoms with Crippen molar-refractivity contribution < 1.29 is 0 Å². The molecule has 5 aromatic rings. The number of benzene rings is 1. The van der Waals surface area contributed by atoms with Gasteiger partial charge in [-0.15, -0.1) is 0 Å². The van der Waals surface area contributed by atoms with Crippen LogP contribution in [0.15, 0.2) is 55.1 Å². The monoisotopic (exact) mass is 395 g/mol. The smallest absolute Gasteiger partial charge is 0.137 e. The molecule has 0 saturated carbocycles. The van der Waals surface area contributed by atoms with Crippen LogP contribution in [0.25, 0.3) is 44.5 Å². The van der Waals surface area contributed by atoms with E-state index in [1.54, 1.807) is 18.6 Å². The van der Waals surface area contributed by atoms with Crippen molar-refractivity contribution in [2.45, 2.75) is 19.3 Å². The van der Waals surface area contributed by atoms with Crippen LogP contribution in [-0.2, 0) is 0 Å². The first-order valence-corrected chi connectivity index (χ1v) is 10.3. The molecule has 0 bridgehead atoms. The van der Waals surface area contributed by atoms with Crippen LogP contribution in [0.1, 0.15) is 19.3 Å². The number of fused-ring (bicyclic) bond motifs is 2. The van der Waals surface area contributed by atoms with Gasteiger partial charge >= 0.3 is 0 Å². The van der Waals surface area contributed by atoms with Crippen LogP contribution in [-0.4, -0.2) is 43.2 Å². The maximum absolute atomic E-state index is 4.70. The summed E-state index contributed by atoms with van der Waals surface area (Å²) in [5, 5.41) is 9.97. The van der Waals surface area contributed by atoms with Gasteiger partial charge in [0.05, 0.1) is 28.6 Å². The number of rotatable bonds is 3. The minimum Gasteiger partial charge on any atom is -0.356 e. The van der Waals surface area contributed by atoms with Crippen LogP contribution in [0.4, 0.5) is 5.82 Å². The minimum absolute atomic E-state index is 0.847. The first-order chi connectivity index (χ1) is 14.9. The van der Waals surface area contributed by atoms with Crippen LogP contribution < -0.4 is 4.90 Å². The van der Waals surface area contributed by atoms with Crippen molar-refractivity contribution in [1.29, 1.82) is 0 Å². The average molecular weight is 395 g/mol. The summed E-state index contributed by atoms with van der Waals surface area (Å²) in [6.07, 6.45) is 10.8. The Bertz CT molecular complexity index is 1330. The Labute approximate surface area is 173 Å². The van der Waals surface area contributed by atoms with Gasteiger partial charge in [-0.05, 0) is 43.5 Å². The van der Waals surface area contributed by atoms with Gasteiger partial charge in [-0.25, -0.2) is 4.98 Å². The third-order valence-electron chi connectivity index (χ3n) is 5.86. The number of nitrogens with one attached hydrogen (secondary N) is 2. The molecule has 7 nitrogen and oxygen atoms in total. The molecular weight excluding hydrogens is 374 g/mol. The van der Waals surface area contributed by atoms with E-state index in [0.717, 1.165) is 63.4 Å². The van der Waals surface area contributed by atoms with Crippen molar-refractivity contribution in [2.24, 2.45) is 0 Å². The van der Waals surface area contributed by atoms with Crippen molar-refractivity contribution in [1.82, 2.24) is 30.1 Å². The molecule has 0 aliphatic carbocycles. The van der Waals surface area contributed by atoms with Gasteiger partial charge in [-0.1, -0.05) is 6.07 Å². The molecule has 5 heterocycles. The predicted molar refractivity (Wildman–Crippen MR) is 118 cm³/mol. The zero-order chi connectivity index (χ0) is 19.9. The third-order valence-corrected chi connectivity index (χ3v) is 5.86. The highest BCUT2D eigenvalue weighted by Gasteiger charge is 2.18. The van der Waals surface area contributed by atoms with Gasteiger partial charge in [0.15, 0.2) is 0 Å². The summed E-state index contributed by atoms with van der Waals surface area (Å²) in [6, 6.07) is 10.4. The van der Waals surface area contributed by atoms with E-state index in [9.17, 15) is 0 Å². The average Bonchev–Trinajstić information content (AvgIpc) is 3.43. The molecule has 1 fully saturated rings. The Morgan fingerprint density at radius 2 is 1.77 bits per heavy atom. The highest BCUT2D eigenvalue weighted by molar-refractivity contribution is 5.99. The minimum atomic E-state index is 0.847. The quantitative estimate of drug-likeness (QED) is 0.468. The largest absolute Gasteiger partial charge is 0.356 e. The van der Waals surface area contributed by atoms with Crippen molar-refractivity contribution in [2.75, 3.05) is 18.0 Å². The fourth-order valence-corrected chi connectivity index (χ4v) is 4.35. The van der Waals surface area contributed by atoms with E-state index in [0.29, 0.717) is 0 Å². The van der Waals surface area contributed by atoms with E-state index in [1.165, 1.54) is 19.3 Å². The first-order valence-electron chi connectivity index (χ1n) is 10.3. The summed E-state index contributed by atoms with van der Waals surface area (Å²) in [5.74, 6) is 1.06. The Balaban J connectivity index is 1.47. The summed E-state index contributed by atoms with van der Waals surface area (Å²) < 4.78 is 0. The molecule has 148 valence electrons. The highest BCUT2D eigenvalue weighted by atomic mass is 15.2. The summed E-state index contributed by atoms with van der Waals surface area (Å²) >= 11 is 0. The van der Waals surface area contributed by atoms with Crippen molar-refractivity contribution in [3.05, 3.63) is 55.1 Å². The van der Waals surface area contributed by atoms with Crippen LogP contribution in [0, 0.1) is 0 Å². The van der Waals surface area contributed by atoms with Gasteiger partial charge in [-0.2, -0.15) is 5.10 Å². The van der Waals surface area contributed by atoms with Crippen LogP contribution in [0.3, 0.4) is 0 Å². The summed E-state index contributed by atoms with van der Waals surface area (Å²) in [4.78, 5) is 19.3. The second-order valence-corrected chi connectivity index (χ2v) is 7.75. The summed E-state index contributed by atoms with van der Waals surface area (Å²) in [6.45, 7) is 2.14. The summed E-state index contributed by atoms with van der Waals surface area (Å²) in [5.41, 5.74) is 5.83. The van der Waals surface area contributed by atoms with Crippen molar-refractivity contribution in [3.8, 4) is 22.6 Å². The number of pyridine rings is 1. The zero-order valence-corrected chi connectivity index (χ0v) is 16.5. The van der Waals surface area contributed by atoms with E-state index in [1.807, 2.05) is 24.4 Å². The SMILES string of the molecule is c1cnc(-c2ccc3[nH]nc(-c4cc5c(N6CCCCC6)nccc5[nH]4)c3c2)cn1. The van der Waals surface area contributed by atoms with E-state index >= 15 is 0 Å². The van der Waals surface area contributed by atoms with Gasteiger partial charge in [-0.3, -0.25) is 15.1 Å². The maximum Gasteiger partial charge on any atom is 0.137 e. The van der Waals surface area contributed by atoms with E-state index in [-0.39, 0.29) is 0 Å². The molecule has 0 atom stereocenters. The lowest BCUT2D eigenvalue weighted by atomic mass is 10.1. The van der Waals surface area contributed by atoms with E-state index in [4.69, 9.17) is 4.98 Å². The Hall–Kier alpha value is -3.74. The van der Waals surface area contributed by atoms with E-state index in [2.05, 4.69) is 42.2 Å². The van der Waals surface area contributed by atoms with Gasteiger partial charge in [0.2, 0.25) is 0 Å². The second kappa shape index (κ2) is 6.95. The molecule has 30 heavy (non-hydrogen) atoms. The number of hydrogen-bond donors (Lipinski definition) is 2. The first kappa shape index (κ1) is 17.1. The van der Waals surface area contributed by atoms with Crippen LogP contribution in [0.2, 0.25) is 0 Å². The van der Waals surface area contributed by atoms with Crippen molar-refractivity contribution in [3.63, 3.8) is 0 Å². The molecule has 0 spiro atoms. The predicted octanol–water partition coefficient (Wildman–Crippen LogP) is 4.55. The fourth-order valence-electron chi connectivity index (χ4n) is 4.35. The number of aromatic amines is 2. The molecule has 7 heteroatoms. The Morgan fingerprint density at radius 3 is 2.63 bits per heavy atom. The standard InChI is InChI=1S/C23H21N7/c1-2-10-30(11-3-1)23-17-13-20(27-18(17)6-7-26-23)22-16-12-15(4-5-19(16)28-29-22)21-14-24-8-9-25-21/h4-9,12-14,27H,1-3,10-11H2,(H,28,29). The molecule has 1 aliphatic rings. The molecule has 0 unspecified atom stereocenters. The molecule has 1 aliphatic heterocycles. The van der Waals surface area contributed by atoms with Gasteiger partial charge in [0, 0.05) is 48.0 Å². The lowest BCUT2D eigenvalue weighted by Gasteiger charge is -2.28. The normalized spacial score (nSPS) is 14.6. The van der Waals surface area contributed by atoms with Crippen LogP contribution in [0.5, 0.6) is 0 Å². The second-order valence-electron chi connectivity index (χ2n) is 7.75. The molecule has 2 N–H and O–H groups in total. The Kier molecular flexibility index (Phi) is 3.97. The Morgan fingerprint density at radius 1 is 0.833 bits per heavy atom. The molecule has 1 aromatic carbocycles. The maximum atomic E-state index is 4.70. The van der Waals surface area contributed by atoms with Gasteiger partial charge < -0.3 is 9.88 Å². The number of piperidine rings is 1. The highest BCUT2D eigenvalue weighted by Crippen LogP contribution is 2.34. The molecule has 4 aromatic heterocycles. The molecule has 6 rings (SSSR count). The lowest BCUT2D eigenvalue weighted by Crippen LogP contribution is -2.30. The lowest BCUT2D eigenvalue weighted by molar-refractivity contribution is 0.575.